The first-order valence-electron chi connectivity index (χ1n) is 7.38. The van der Waals surface area contributed by atoms with Gasteiger partial charge in [-0.1, -0.05) is 20.3 Å². The number of thiophene rings is 1. The van der Waals surface area contributed by atoms with Crippen LogP contribution in [0.3, 0.4) is 0 Å². The summed E-state index contributed by atoms with van der Waals surface area (Å²) in [4.78, 5) is 21.2. The molecule has 0 saturated carbocycles. The van der Waals surface area contributed by atoms with Gasteiger partial charge in [-0.3, -0.25) is 4.79 Å². The Balaban J connectivity index is 0.000000497. The molecule has 0 amide bonds. The first-order chi connectivity index (χ1) is 10.2. The minimum Gasteiger partial charge on any atom is -0.361 e. The topological polar surface area (TPSA) is 87.0 Å². The zero-order chi connectivity index (χ0) is 15.2. The van der Waals surface area contributed by atoms with E-state index in [1.165, 1.54) is 17.8 Å². The van der Waals surface area contributed by atoms with Crippen LogP contribution in [0, 0.1) is 0 Å². The lowest BCUT2D eigenvalue weighted by Gasteiger charge is -2.27. The van der Waals surface area contributed by atoms with Crippen molar-refractivity contribution in [3.63, 3.8) is 0 Å². The van der Waals surface area contributed by atoms with Crippen molar-refractivity contribution in [2.75, 3.05) is 31.1 Å². The molecule has 116 valence electrons. The molecule has 1 fully saturated rings. The van der Waals surface area contributed by atoms with Gasteiger partial charge < -0.3 is 20.9 Å². The molecule has 3 rings (SSSR count). The van der Waals surface area contributed by atoms with Crippen LogP contribution in [0.15, 0.2) is 10.9 Å². The first kappa shape index (κ1) is 15.9. The van der Waals surface area contributed by atoms with Crippen LogP contribution in [0.1, 0.15) is 26.1 Å². The molecular formula is C14H23N5OS. The Kier molecular flexibility index (Phi) is 5.72. The maximum atomic E-state index is 11.9. The Morgan fingerprint density at radius 2 is 2.05 bits per heavy atom. The zero-order valence-corrected chi connectivity index (χ0v) is 13.4. The number of nitrogens with one attached hydrogen (secondary N) is 2. The number of H-pyrrole nitrogens is 1. The summed E-state index contributed by atoms with van der Waals surface area (Å²) in [6.45, 7) is 8.39. The summed E-state index contributed by atoms with van der Waals surface area (Å²) >= 11 is 1.50. The second-order valence-electron chi connectivity index (χ2n) is 4.96. The Bertz CT molecular complexity index is 630. The minimum absolute atomic E-state index is 0.0909. The lowest BCUT2D eigenvalue weighted by atomic mass is 10.3. The standard InChI is InChI=1S/C11H15N5OS.C3H8/c12-6-8-14-7-5-9(16-3-1-13-2-4-16)18-10(7)11(17)15-8;1-3-2/h5,13H,1-4,6,12H2,(H,14,15,17);3H2,1-2H3. The van der Waals surface area contributed by atoms with Crippen molar-refractivity contribution in [2.45, 2.75) is 26.8 Å². The molecule has 1 aliphatic heterocycles. The van der Waals surface area contributed by atoms with E-state index in [0.717, 1.165) is 36.7 Å². The number of nitrogens with two attached hydrogens (primary N) is 1. The van der Waals surface area contributed by atoms with Crippen LogP contribution in [0.2, 0.25) is 0 Å². The third-order valence-electron chi connectivity index (χ3n) is 3.04. The van der Waals surface area contributed by atoms with Gasteiger partial charge in [0.15, 0.2) is 0 Å². The number of aromatic amines is 1. The number of fused-ring (bicyclic) bond motifs is 1. The van der Waals surface area contributed by atoms with Crippen LogP contribution in [-0.4, -0.2) is 36.1 Å². The van der Waals surface area contributed by atoms with E-state index >= 15 is 0 Å². The van der Waals surface area contributed by atoms with Crippen LogP contribution in [0.5, 0.6) is 0 Å². The van der Waals surface area contributed by atoms with Crippen LogP contribution < -0.4 is 21.5 Å². The summed E-state index contributed by atoms with van der Waals surface area (Å²) in [5.74, 6) is 0.539. The maximum absolute atomic E-state index is 11.9. The van der Waals surface area contributed by atoms with Gasteiger partial charge in [-0.15, -0.1) is 11.3 Å². The molecule has 0 radical (unpaired) electrons. The van der Waals surface area contributed by atoms with Crippen molar-refractivity contribution in [3.8, 4) is 0 Å². The van der Waals surface area contributed by atoms with Crippen molar-refractivity contribution >= 4 is 26.6 Å². The molecule has 0 bridgehead atoms. The van der Waals surface area contributed by atoms with Crippen molar-refractivity contribution in [2.24, 2.45) is 5.73 Å². The van der Waals surface area contributed by atoms with Crippen molar-refractivity contribution in [3.05, 3.63) is 22.2 Å². The van der Waals surface area contributed by atoms with Gasteiger partial charge in [0.05, 0.1) is 17.1 Å². The Morgan fingerprint density at radius 1 is 1.38 bits per heavy atom. The molecule has 0 aromatic carbocycles. The fourth-order valence-corrected chi connectivity index (χ4v) is 3.16. The lowest BCUT2D eigenvalue weighted by Crippen LogP contribution is -2.43. The Morgan fingerprint density at radius 3 is 2.67 bits per heavy atom. The van der Waals surface area contributed by atoms with Crippen molar-refractivity contribution in [1.82, 2.24) is 15.3 Å². The van der Waals surface area contributed by atoms with Gasteiger partial charge in [0.1, 0.15) is 10.5 Å². The fourth-order valence-electron chi connectivity index (χ4n) is 2.11. The number of hydrogen-bond acceptors (Lipinski definition) is 6. The quantitative estimate of drug-likeness (QED) is 0.777. The SMILES string of the molecule is CCC.NCc1nc2cc(N3CCNCC3)sc2c(=O)[nH]1. The number of hydrogen-bond donors (Lipinski definition) is 3. The molecule has 0 spiro atoms. The van der Waals surface area contributed by atoms with Gasteiger partial charge in [0.2, 0.25) is 0 Å². The number of nitrogens with zero attached hydrogens (tertiary/aromatic N) is 2. The molecule has 6 nitrogen and oxygen atoms in total. The highest BCUT2D eigenvalue weighted by atomic mass is 32.1. The number of anilines is 1. The average Bonchev–Trinajstić information content (AvgIpc) is 2.93. The van der Waals surface area contributed by atoms with E-state index in [0.29, 0.717) is 10.5 Å². The first-order valence-corrected chi connectivity index (χ1v) is 8.19. The molecule has 21 heavy (non-hydrogen) atoms. The third kappa shape index (κ3) is 3.81. The highest BCUT2D eigenvalue weighted by molar-refractivity contribution is 7.22. The maximum Gasteiger partial charge on any atom is 0.268 e. The Hall–Kier alpha value is -1.44. The predicted octanol–water partition coefficient (Wildman–Crippen LogP) is 1.27. The highest BCUT2D eigenvalue weighted by Crippen LogP contribution is 2.29. The van der Waals surface area contributed by atoms with E-state index < -0.39 is 0 Å². The van der Waals surface area contributed by atoms with E-state index in [-0.39, 0.29) is 12.1 Å². The third-order valence-corrected chi connectivity index (χ3v) is 4.22. The van der Waals surface area contributed by atoms with E-state index in [2.05, 4.69) is 34.0 Å². The van der Waals surface area contributed by atoms with E-state index in [1.807, 2.05) is 6.07 Å². The van der Waals surface area contributed by atoms with E-state index in [9.17, 15) is 4.79 Å². The van der Waals surface area contributed by atoms with E-state index in [4.69, 9.17) is 5.73 Å². The second kappa shape index (κ2) is 7.53. The molecule has 2 aromatic rings. The monoisotopic (exact) mass is 309 g/mol. The summed E-state index contributed by atoms with van der Waals surface area (Å²) in [5.41, 5.74) is 6.17. The lowest BCUT2D eigenvalue weighted by molar-refractivity contribution is 0.592. The molecule has 7 heteroatoms. The molecule has 1 aliphatic rings. The largest absolute Gasteiger partial charge is 0.361 e. The van der Waals surface area contributed by atoms with Crippen molar-refractivity contribution < 1.29 is 0 Å². The summed E-state index contributed by atoms with van der Waals surface area (Å²) in [7, 11) is 0. The molecular weight excluding hydrogens is 286 g/mol. The smallest absolute Gasteiger partial charge is 0.268 e. The van der Waals surface area contributed by atoms with Crippen LogP contribution in [0.25, 0.3) is 10.2 Å². The van der Waals surface area contributed by atoms with Crippen LogP contribution in [0.4, 0.5) is 5.00 Å². The summed E-state index contributed by atoms with van der Waals surface area (Å²) in [6.07, 6.45) is 1.25. The number of aromatic nitrogens is 2. The average molecular weight is 309 g/mol. The number of piperazine rings is 1. The normalized spacial score (nSPS) is 14.9. The fraction of sp³-hybridized carbons (Fsp3) is 0.571. The minimum atomic E-state index is -0.0909. The van der Waals surface area contributed by atoms with Crippen molar-refractivity contribution in [1.29, 1.82) is 0 Å². The van der Waals surface area contributed by atoms with Crippen LogP contribution in [-0.2, 0) is 6.54 Å². The Labute approximate surface area is 128 Å². The van der Waals surface area contributed by atoms with Gasteiger partial charge in [-0.2, -0.15) is 0 Å². The predicted molar refractivity (Wildman–Crippen MR) is 89.2 cm³/mol. The molecule has 1 saturated heterocycles. The molecule has 0 aliphatic carbocycles. The molecule has 4 N–H and O–H groups in total. The summed E-state index contributed by atoms with van der Waals surface area (Å²) in [6, 6.07) is 1.99. The zero-order valence-electron chi connectivity index (χ0n) is 12.6. The number of rotatable bonds is 2. The van der Waals surface area contributed by atoms with Gasteiger partial charge >= 0.3 is 0 Å². The molecule has 3 heterocycles. The molecule has 0 unspecified atom stereocenters. The van der Waals surface area contributed by atoms with E-state index in [1.54, 1.807) is 0 Å². The molecule has 2 aromatic heterocycles. The molecule has 0 atom stereocenters. The van der Waals surface area contributed by atoms with Gasteiger partial charge in [0.25, 0.3) is 5.56 Å². The second-order valence-corrected chi connectivity index (χ2v) is 5.99. The summed E-state index contributed by atoms with van der Waals surface area (Å²) < 4.78 is 0.681. The van der Waals surface area contributed by atoms with Gasteiger partial charge in [-0.25, -0.2) is 4.98 Å². The summed E-state index contributed by atoms with van der Waals surface area (Å²) in [5, 5.41) is 4.42. The van der Waals surface area contributed by atoms with Crippen LogP contribution >= 0.6 is 11.3 Å². The van der Waals surface area contributed by atoms with Gasteiger partial charge in [0, 0.05) is 26.2 Å². The van der Waals surface area contributed by atoms with Gasteiger partial charge in [-0.05, 0) is 6.07 Å². The highest BCUT2D eigenvalue weighted by Gasteiger charge is 2.15.